The van der Waals surface area contributed by atoms with Gasteiger partial charge in [0.2, 0.25) is 5.88 Å². The summed E-state index contributed by atoms with van der Waals surface area (Å²) in [5.41, 5.74) is -0.282. The van der Waals surface area contributed by atoms with Crippen molar-refractivity contribution in [1.29, 1.82) is 0 Å². The quantitative estimate of drug-likeness (QED) is 0.856. The van der Waals surface area contributed by atoms with Gasteiger partial charge in [0.1, 0.15) is 0 Å². The van der Waals surface area contributed by atoms with Crippen molar-refractivity contribution < 1.29 is 23.4 Å². The summed E-state index contributed by atoms with van der Waals surface area (Å²) < 4.78 is 24.2. The molecule has 2 N–H and O–H groups in total. The van der Waals surface area contributed by atoms with E-state index in [0.717, 1.165) is 17.0 Å². The molecule has 0 radical (unpaired) electrons. The van der Waals surface area contributed by atoms with Crippen molar-refractivity contribution in [3.8, 4) is 11.6 Å². The van der Waals surface area contributed by atoms with Gasteiger partial charge < -0.3 is 10.2 Å². The Hall–Kier alpha value is -2.35. The first kappa shape index (κ1) is 13.1. The highest BCUT2D eigenvalue weighted by Gasteiger charge is 2.19. The lowest BCUT2D eigenvalue weighted by Crippen LogP contribution is -2.07. The molecule has 0 amide bonds. The van der Waals surface area contributed by atoms with Gasteiger partial charge in [-0.2, -0.15) is 9.78 Å². The van der Waals surface area contributed by atoms with E-state index in [2.05, 4.69) is 5.10 Å². The number of hydrogen-bond donors (Lipinski definition) is 2. The first-order valence-electron chi connectivity index (χ1n) is 5.12. The third-order valence-corrected chi connectivity index (χ3v) is 3.55. The monoisotopic (exact) mass is 282 g/mol. The zero-order valence-electron chi connectivity index (χ0n) is 9.81. The summed E-state index contributed by atoms with van der Waals surface area (Å²) in [6.45, 7) is 0. The van der Waals surface area contributed by atoms with Crippen LogP contribution in [0.4, 0.5) is 0 Å². The summed E-state index contributed by atoms with van der Waals surface area (Å²) in [5, 5.41) is 22.1. The van der Waals surface area contributed by atoms with Gasteiger partial charge in [0.15, 0.2) is 15.5 Å². The van der Waals surface area contributed by atoms with Crippen LogP contribution in [0.5, 0.6) is 5.88 Å². The highest BCUT2D eigenvalue weighted by atomic mass is 32.2. The van der Waals surface area contributed by atoms with Crippen LogP contribution in [0.3, 0.4) is 0 Å². The Bertz CT molecular complexity index is 748. The van der Waals surface area contributed by atoms with Crippen LogP contribution in [-0.4, -0.2) is 40.6 Å². The molecule has 0 unspecified atom stereocenters. The van der Waals surface area contributed by atoms with Crippen LogP contribution >= 0.6 is 0 Å². The predicted molar refractivity (Wildman–Crippen MR) is 65.3 cm³/mol. The second kappa shape index (κ2) is 4.39. The van der Waals surface area contributed by atoms with Gasteiger partial charge >= 0.3 is 5.97 Å². The standard InChI is InChI=1S/C11H10N2O5S/c1-19(17,18)9-5-3-2-4-8(9)13-10(14)6-7(12-13)11(15)16/h2-6,14H,1H3,(H,15,16). The van der Waals surface area contributed by atoms with E-state index in [1.807, 2.05) is 0 Å². The van der Waals surface area contributed by atoms with Crippen molar-refractivity contribution in [3.63, 3.8) is 0 Å². The van der Waals surface area contributed by atoms with Crippen LogP contribution in [0.2, 0.25) is 0 Å². The third kappa shape index (κ3) is 2.43. The summed E-state index contributed by atoms with van der Waals surface area (Å²) in [7, 11) is -3.53. The molecule has 2 rings (SSSR count). The van der Waals surface area contributed by atoms with E-state index in [-0.39, 0.29) is 16.3 Å². The maximum Gasteiger partial charge on any atom is 0.356 e. The van der Waals surface area contributed by atoms with Crippen molar-refractivity contribution >= 4 is 15.8 Å². The summed E-state index contributed by atoms with van der Waals surface area (Å²) >= 11 is 0. The molecular formula is C11H10N2O5S. The molecule has 1 aromatic carbocycles. The fraction of sp³-hybridized carbons (Fsp3) is 0.0909. The van der Waals surface area contributed by atoms with Gasteiger partial charge in [-0.15, -0.1) is 0 Å². The summed E-state index contributed by atoms with van der Waals surface area (Å²) in [6.07, 6.45) is 1.02. The van der Waals surface area contributed by atoms with Gasteiger partial charge in [-0.1, -0.05) is 12.1 Å². The van der Waals surface area contributed by atoms with E-state index in [1.165, 1.54) is 18.2 Å². The Kier molecular flexibility index (Phi) is 3.03. The average Bonchev–Trinajstić information content (AvgIpc) is 2.70. The number of para-hydroxylation sites is 1. The van der Waals surface area contributed by atoms with Crippen LogP contribution in [-0.2, 0) is 9.84 Å². The van der Waals surface area contributed by atoms with Gasteiger partial charge in [-0.05, 0) is 12.1 Å². The second-order valence-electron chi connectivity index (χ2n) is 3.84. The zero-order chi connectivity index (χ0) is 14.2. The third-order valence-electron chi connectivity index (χ3n) is 2.40. The van der Waals surface area contributed by atoms with Crippen molar-refractivity contribution in [2.24, 2.45) is 0 Å². The van der Waals surface area contributed by atoms with E-state index < -0.39 is 21.7 Å². The number of sulfone groups is 1. The number of hydrogen-bond acceptors (Lipinski definition) is 5. The van der Waals surface area contributed by atoms with Gasteiger partial charge in [0.25, 0.3) is 0 Å². The largest absolute Gasteiger partial charge is 0.493 e. The highest BCUT2D eigenvalue weighted by Crippen LogP contribution is 2.24. The van der Waals surface area contributed by atoms with Crippen LogP contribution in [0.1, 0.15) is 10.5 Å². The molecule has 8 heteroatoms. The molecule has 0 aliphatic heterocycles. The Morgan fingerprint density at radius 1 is 1.32 bits per heavy atom. The van der Waals surface area contributed by atoms with Crippen molar-refractivity contribution in [2.45, 2.75) is 4.90 Å². The Labute approximate surface area is 108 Å². The molecular weight excluding hydrogens is 272 g/mol. The minimum atomic E-state index is -3.53. The van der Waals surface area contributed by atoms with Crippen LogP contribution in [0.25, 0.3) is 5.69 Å². The lowest BCUT2D eigenvalue weighted by molar-refractivity contribution is 0.0690. The van der Waals surface area contributed by atoms with E-state index in [1.54, 1.807) is 6.07 Å². The molecule has 0 bridgehead atoms. The molecule has 0 atom stereocenters. The minimum absolute atomic E-state index is 0.0506. The molecule has 2 aromatic rings. The molecule has 0 fully saturated rings. The maximum atomic E-state index is 11.6. The number of carbonyl (C=O) groups is 1. The first-order valence-corrected chi connectivity index (χ1v) is 7.01. The lowest BCUT2D eigenvalue weighted by Gasteiger charge is -2.08. The average molecular weight is 282 g/mol. The second-order valence-corrected chi connectivity index (χ2v) is 5.83. The molecule has 0 aliphatic rings. The molecule has 0 spiro atoms. The Balaban J connectivity index is 2.70. The number of aromatic carboxylic acids is 1. The van der Waals surface area contributed by atoms with E-state index in [0.29, 0.717) is 0 Å². The summed E-state index contributed by atoms with van der Waals surface area (Å²) in [4.78, 5) is 10.7. The number of benzene rings is 1. The Morgan fingerprint density at radius 3 is 2.47 bits per heavy atom. The molecule has 100 valence electrons. The number of carboxylic acid groups (broad SMARTS) is 1. The van der Waals surface area contributed by atoms with Crippen molar-refractivity contribution in [1.82, 2.24) is 9.78 Å². The van der Waals surface area contributed by atoms with Crippen LogP contribution in [0.15, 0.2) is 35.2 Å². The topological polar surface area (TPSA) is 109 Å². The van der Waals surface area contributed by atoms with Gasteiger partial charge in [-0.25, -0.2) is 13.2 Å². The van der Waals surface area contributed by atoms with E-state index in [9.17, 15) is 18.3 Å². The molecule has 1 heterocycles. The normalized spacial score (nSPS) is 11.4. The fourth-order valence-corrected chi connectivity index (χ4v) is 2.46. The van der Waals surface area contributed by atoms with Gasteiger partial charge in [0, 0.05) is 12.3 Å². The minimum Gasteiger partial charge on any atom is -0.493 e. The number of aromatic hydroxyl groups is 1. The van der Waals surface area contributed by atoms with Crippen LogP contribution < -0.4 is 0 Å². The zero-order valence-corrected chi connectivity index (χ0v) is 10.6. The van der Waals surface area contributed by atoms with Crippen molar-refractivity contribution in [3.05, 3.63) is 36.0 Å². The smallest absolute Gasteiger partial charge is 0.356 e. The summed E-state index contributed by atoms with van der Waals surface area (Å²) in [5.74, 6) is -1.76. The lowest BCUT2D eigenvalue weighted by atomic mass is 10.3. The SMILES string of the molecule is CS(=O)(=O)c1ccccc1-n1nc(C(=O)O)cc1O. The maximum absolute atomic E-state index is 11.6. The van der Waals surface area contributed by atoms with Gasteiger partial charge in [0.05, 0.1) is 10.6 Å². The number of nitrogens with zero attached hydrogens (tertiary/aromatic N) is 2. The first-order chi connectivity index (χ1) is 8.80. The van der Waals surface area contributed by atoms with E-state index in [4.69, 9.17) is 5.11 Å². The summed E-state index contributed by atoms with van der Waals surface area (Å²) in [6, 6.07) is 6.81. The van der Waals surface area contributed by atoms with Crippen LogP contribution in [0, 0.1) is 0 Å². The predicted octanol–water partition coefficient (Wildman–Crippen LogP) is 0.680. The molecule has 1 aromatic heterocycles. The molecule has 0 aliphatic carbocycles. The van der Waals surface area contributed by atoms with E-state index >= 15 is 0 Å². The molecule has 7 nitrogen and oxygen atoms in total. The number of rotatable bonds is 3. The molecule has 0 saturated carbocycles. The molecule has 0 saturated heterocycles. The van der Waals surface area contributed by atoms with Crippen molar-refractivity contribution in [2.75, 3.05) is 6.26 Å². The molecule has 19 heavy (non-hydrogen) atoms. The fourth-order valence-electron chi connectivity index (χ4n) is 1.60. The van der Waals surface area contributed by atoms with Gasteiger partial charge in [-0.3, -0.25) is 0 Å². The number of carboxylic acids is 1. The number of aromatic nitrogens is 2. The Morgan fingerprint density at radius 2 is 1.95 bits per heavy atom. The highest BCUT2D eigenvalue weighted by molar-refractivity contribution is 7.90.